The van der Waals surface area contributed by atoms with Crippen LogP contribution in [0.2, 0.25) is 0 Å². The van der Waals surface area contributed by atoms with E-state index in [-0.39, 0.29) is 16.5 Å². The number of hydrogen-bond acceptors (Lipinski definition) is 6. The summed E-state index contributed by atoms with van der Waals surface area (Å²) in [5.74, 6) is -1.46. The molecule has 2 rings (SSSR count). The lowest BCUT2D eigenvalue weighted by molar-refractivity contribution is -0.201. The van der Waals surface area contributed by atoms with E-state index in [1.54, 1.807) is 22.6 Å². The maximum atomic E-state index is 13.7. The van der Waals surface area contributed by atoms with E-state index < -0.39 is 38.2 Å². The summed E-state index contributed by atoms with van der Waals surface area (Å²) < 4.78 is 42.9. The summed E-state index contributed by atoms with van der Waals surface area (Å²) in [5.41, 5.74) is 1.68. The molecule has 0 aliphatic carbocycles. The highest BCUT2D eigenvalue weighted by atomic mass is 127. The Kier molecular flexibility index (Phi) is 7.39. The number of aromatic nitrogens is 1. The minimum absolute atomic E-state index is 0.149. The van der Waals surface area contributed by atoms with E-state index in [1.807, 2.05) is 0 Å². The van der Waals surface area contributed by atoms with Gasteiger partial charge in [0.2, 0.25) is 0 Å². The highest BCUT2D eigenvalue weighted by Gasteiger charge is 2.44. The summed E-state index contributed by atoms with van der Waals surface area (Å²) in [6.45, 7) is 1.60. The molecule has 1 saturated heterocycles. The van der Waals surface area contributed by atoms with Crippen LogP contribution < -0.4 is 11.0 Å². The minimum atomic E-state index is -3.86. The van der Waals surface area contributed by atoms with Gasteiger partial charge in [-0.25, -0.2) is 23.1 Å². The smallest absolute Gasteiger partial charge is 0.264 e. The van der Waals surface area contributed by atoms with Gasteiger partial charge in [0.15, 0.2) is 26.7 Å². The predicted octanol–water partition coefficient (Wildman–Crippen LogP) is 1.36. The van der Waals surface area contributed by atoms with Crippen molar-refractivity contribution in [3.8, 4) is 0 Å². The van der Waals surface area contributed by atoms with Crippen LogP contribution in [0.5, 0.6) is 0 Å². The van der Waals surface area contributed by atoms with Gasteiger partial charge in [0.1, 0.15) is 0 Å². The molecular formula is C16H22FIN2O6S. The first-order valence-electron chi connectivity index (χ1n) is 8.37. The van der Waals surface area contributed by atoms with Gasteiger partial charge in [-0.1, -0.05) is 0 Å². The van der Waals surface area contributed by atoms with Crippen molar-refractivity contribution in [3.63, 3.8) is 0 Å². The first-order chi connectivity index (χ1) is 12.5. The number of hydrogen-bond donors (Lipinski definition) is 1. The summed E-state index contributed by atoms with van der Waals surface area (Å²) in [5, 5.41) is 0. The molecule has 152 valence electrons. The van der Waals surface area contributed by atoms with Crippen molar-refractivity contribution in [2.75, 3.05) is 12.9 Å². The highest BCUT2D eigenvalue weighted by molar-refractivity contribution is 14.1. The molecule has 2 heterocycles. The molecule has 0 radical (unpaired) electrons. The van der Waals surface area contributed by atoms with Crippen molar-refractivity contribution >= 4 is 38.3 Å². The number of aryl methyl sites for hydroxylation is 1. The molecule has 0 saturated carbocycles. The summed E-state index contributed by atoms with van der Waals surface area (Å²) in [7, 11) is -3.86. The van der Waals surface area contributed by atoms with Gasteiger partial charge in [0.05, 0.1) is 3.57 Å². The molecule has 1 fully saturated rings. The Morgan fingerprint density at radius 1 is 1.52 bits per heavy atom. The largest absolute Gasteiger partial charge is 0.350 e. The Morgan fingerprint density at radius 2 is 2.22 bits per heavy atom. The van der Waals surface area contributed by atoms with Crippen molar-refractivity contribution in [1.82, 2.24) is 10.0 Å². The maximum absolute atomic E-state index is 13.7. The average molecular weight is 516 g/mol. The van der Waals surface area contributed by atoms with Crippen LogP contribution in [0.3, 0.4) is 0 Å². The summed E-state index contributed by atoms with van der Waals surface area (Å²) in [6.07, 6.45) is 3.44. The number of carbonyl (C=O) groups excluding carboxylic acids is 1. The fourth-order valence-electron chi connectivity index (χ4n) is 2.53. The van der Waals surface area contributed by atoms with Gasteiger partial charge in [0, 0.05) is 38.1 Å². The zero-order valence-corrected chi connectivity index (χ0v) is 18.0. The monoisotopic (exact) mass is 516 g/mol. The second-order valence-electron chi connectivity index (χ2n) is 6.60. The molecule has 1 N–H and O–H groups in total. The SMILES string of the molecule is CC(CCn1cc(F)c(I)cc1=O)(C(=O)NOC1CCCCO1)S(C)(=O)=O. The Balaban J connectivity index is 2.12. The van der Waals surface area contributed by atoms with Gasteiger partial charge in [-0.05, 0) is 48.8 Å². The second-order valence-corrected chi connectivity index (χ2v) is 10.2. The molecule has 1 aliphatic heterocycles. The normalized spacial score (nSPS) is 20.1. The highest BCUT2D eigenvalue weighted by Crippen LogP contribution is 2.23. The van der Waals surface area contributed by atoms with Gasteiger partial charge < -0.3 is 9.30 Å². The fraction of sp³-hybridized carbons (Fsp3) is 0.625. The van der Waals surface area contributed by atoms with E-state index in [1.165, 1.54) is 6.92 Å². The molecule has 11 heteroatoms. The number of sulfone groups is 1. The van der Waals surface area contributed by atoms with Crippen LogP contribution in [0.25, 0.3) is 0 Å². The number of nitrogens with one attached hydrogen (secondary N) is 1. The van der Waals surface area contributed by atoms with Crippen molar-refractivity contribution in [1.29, 1.82) is 0 Å². The molecule has 1 amide bonds. The molecule has 1 aliphatic rings. The number of ether oxygens (including phenoxy) is 1. The molecule has 0 spiro atoms. The molecule has 2 unspecified atom stereocenters. The number of rotatable bonds is 7. The second kappa shape index (κ2) is 8.97. The first-order valence-corrected chi connectivity index (χ1v) is 11.3. The molecule has 1 aromatic heterocycles. The topological polar surface area (TPSA) is 104 Å². The molecule has 1 aromatic rings. The Labute approximate surface area is 170 Å². The van der Waals surface area contributed by atoms with Crippen LogP contribution in [0, 0.1) is 9.39 Å². The van der Waals surface area contributed by atoms with Crippen LogP contribution >= 0.6 is 22.6 Å². The van der Waals surface area contributed by atoms with E-state index in [2.05, 4.69) is 5.48 Å². The molecule has 0 aromatic carbocycles. The van der Waals surface area contributed by atoms with E-state index in [0.29, 0.717) is 13.0 Å². The Bertz CT molecular complexity index is 853. The van der Waals surface area contributed by atoms with Gasteiger partial charge in [-0.3, -0.25) is 9.59 Å². The van der Waals surface area contributed by atoms with Gasteiger partial charge in [0.25, 0.3) is 11.5 Å². The average Bonchev–Trinajstić information content (AvgIpc) is 2.61. The first kappa shape index (κ1) is 22.2. The number of halogens is 2. The quantitative estimate of drug-likeness (QED) is 0.434. The third-order valence-electron chi connectivity index (χ3n) is 4.58. The van der Waals surface area contributed by atoms with Crippen molar-refractivity contribution in [3.05, 3.63) is 32.0 Å². The third-order valence-corrected chi connectivity index (χ3v) is 7.43. The lowest BCUT2D eigenvalue weighted by Gasteiger charge is -2.28. The number of carbonyl (C=O) groups is 1. The number of hydroxylamine groups is 1. The molecule has 8 nitrogen and oxygen atoms in total. The van der Waals surface area contributed by atoms with Crippen molar-refractivity contribution in [2.45, 2.75) is 50.2 Å². The Morgan fingerprint density at radius 3 is 2.81 bits per heavy atom. The number of pyridine rings is 1. The third kappa shape index (κ3) is 5.48. The predicted molar refractivity (Wildman–Crippen MR) is 104 cm³/mol. The molecule has 27 heavy (non-hydrogen) atoms. The van der Waals surface area contributed by atoms with E-state index in [9.17, 15) is 22.4 Å². The van der Waals surface area contributed by atoms with Crippen LogP contribution in [-0.2, 0) is 30.8 Å². The number of amides is 1. The summed E-state index contributed by atoms with van der Waals surface area (Å²) in [4.78, 5) is 29.7. The Hall–Kier alpha value is -1.05. The van der Waals surface area contributed by atoms with Gasteiger partial charge in [-0.15, -0.1) is 0 Å². The lowest BCUT2D eigenvalue weighted by atomic mass is 10.1. The van der Waals surface area contributed by atoms with Gasteiger partial charge in [-0.2, -0.15) is 0 Å². The molecule has 0 bridgehead atoms. The molecule has 2 atom stereocenters. The van der Waals surface area contributed by atoms with Crippen LogP contribution in [0.15, 0.2) is 17.1 Å². The standard InChI is InChI=1S/C16H22FIN2O6S/c1-16(27(2,23)24,15(22)19-26-14-5-3-4-8-25-14)6-7-20-10-11(17)12(18)9-13(20)21/h9-10,14H,3-8H2,1-2H3,(H,19,22). The van der Waals surface area contributed by atoms with Crippen LogP contribution in [-0.4, -0.2) is 42.8 Å². The van der Waals surface area contributed by atoms with Crippen molar-refractivity contribution < 1.29 is 27.2 Å². The zero-order valence-electron chi connectivity index (χ0n) is 15.0. The van der Waals surface area contributed by atoms with E-state index in [0.717, 1.165) is 35.9 Å². The van der Waals surface area contributed by atoms with E-state index in [4.69, 9.17) is 9.57 Å². The summed E-state index contributed by atoms with van der Waals surface area (Å²) in [6, 6.07) is 1.11. The lowest BCUT2D eigenvalue weighted by Crippen LogP contribution is -2.51. The van der Waals surface area contributed by atoms with E-state index >= 15 is 0 Å². The minimum Gasteiger partial charge on any atom is -0.350 e. The van der Waals surface area contributed by atoms with Gasteiger partial charge >= 0.3 is 0 Å². The zero-order chi connectivity index (χ0) is 20.2. The van der Waals surface area contributed by atoms with Crippen LogP contribution in [0.4, 0.5) is 4.39 Å². The van der Waals surface area contributed by atoms with Crippen LogP contribution in [0.1, 0.15) is 32.6 Å². The summed E-state index contributed by atoms with van der Waals surface area (Å²) >= 11 is 1.69. The maximum Gasteiger partial charge on any atom is 0.264 e. The van der Waals surface area contributed by atoms with Crippen molar-refractivity contribution in [2.24, 2.45) is 0 Å². The number of nitrogens with zero attached hydrogens (tertiary/aromatic N) is 1. The molecular weight excluding hydrogens is 494 g/mol. The fourth-order valence-corrected chi connectivity index (χ4v) is 3.78.